The molecule has 0 amide bonds. The summed E-state index contributed by atoms with van der Waals surface area (Å²) in [6, 6.07) is 9.37. The van der Waals surface area contributed by atoms with Crippen LogP contribution in [0.15, 0.2) is 35.5 Å². The van der Waals surface area contributed by atoms with E-state index in [1.165, 1.54) is 0 Å². The molecule has 1 heterocycles. The lowest BCUT2D eigenvalue weighted by Gasteiger charge is -2.04. The molecule has 2 rings (SSSR count). The molecule has 0 aliphatic rings. The molecule has 0 bridgehead atoms. The minimum atomic E-state index is 0.432. The Bertz CT molecular complexity index is 561. The van der Waals surface area contributed by atoms with Crippen molar-refractivity contribution in [3.8, 4) is 0 Å². The summed E-state index contributed by atoms with van der Waals surface area (Å²) < 4.78 is 1.56. The largest absolute Gasteiger partial charge is 0.410 e. The summed E-state index contributed by atoms with van der Waals surface area (Å²) in [4.78, 5) is 0. The first-order valence-corrected chi connectivity index (χ1v) is 5.50. The second kappa shape index (κ2) is 4.59. The first kappa shape index (κ1) is 11.7. The second-order valence-electron chi connectivity index (χ2n) is 3.69. The van der Waals surface area contributed by atoms with E-state index in [-0.39, 0.29) is 0 Å². The van der Waals surface area contributed by atoms with Gasteiger partial charge < -0.3 is 5.21 Å². The number of aromatic nitrogens is 2. The number of benzene rings is 1. The van der Waals surface area contributed by atoms with Gasteiger partial charge in [0.25, 0.3) is 0 Å². The Morgan fingerprint density at radius 3 is 2.47 bits per heavy atom. The number of halogens is 1. The van der Waals surface area contributed by atoms with Gasteiger partial charge in [-0.3, -0.25) is 4.68 Å². The van der Waals surface area contributed by atoms with Crippen LogP contribution in [-0.4, -0.2) is 20.7 Å². The van der Waals surface area contributed by atoms with Crippen LogP contribution in [0, 0.1) is 6.92 Å². The Hall–Kier alpha value is -1.81. The van der Waals surface area contributed by atoms with Crippen LogP contribution < -0.4 is 0 Å². The summed E-state index contributed by atoms with van der Waals surface area (Å²) in [6.45, 7) is 1.83. The molecule has 0 unspecified atom stereocenters. The number of hydrogen-bond acceptors (Lipinski definition) is 3. The van der Waals surface area contributed by atoms with Crippen LogP contribution in [0.25, 0.3) is 0 Å². The average Bonchev–Trinajstić information content (AvgIpc) is 2.58. The van der Waals surface area contributed by atoms with Crippen molar-refractivity contribution in [3.05, 3.63) is 52.3 Å². The Morgan fingerprint density at radius 2 is 2.00 bits per heavy atom. The first-order chi connectivity index (χ1) is 8.15. The van der Waals surface area contributed by atoms with Crippen LogP contribution in [0.5, 0.6) is 0 Å². The molecule has 0 saturated carbocycles. The van der Waals surface area contributed by atoms with Gasteiger partial charge >= 0.3 is 0 Å². The third-order valence-electron chi connectivity index (χ3n) is 2.54. The minimum Gasteiger partial charge on any atom is -0.410 e. The van der Waals surface area contributed by atoms with Crippen molar-refractivity contribution in [3.63, 3.8) is 0 Å². The van der Waals surface area contributed by atoms with E-state index in [1.807, 2.05) is 37.3 Å². The summed E-state index contributed by atoms with van der Waals surface area (Å²) >= 11 is 6.15. The van der Waals surface area contributed by atoms with Crippen LogP contribution in [0.1, 0.15) is 16.8 Å². The van der Waals surface area contributed by atoms with Gasteiger partial charge in [-0.2, -0.15) is 5.10 Å². The summed E-state index contributed by atoms with van der Waals surface area (Å²) in [7, 11) is 1.75. The van der Waals surface area contributed by atoms with Gasteiger partial charge in [0, 0.05) is 12.6 Å². The fourth-order valence-electron chi connectivity index (χ4n) is 1.75. The summed E-state index contributed by atoms with van der Waals surface area (Å²) in [6.07, 6.45) is 0. The molecule has 0 fully saturated rings. The van der Waals surface area contributed by atoms with Crippen molar-refractivity contribution in [2.24, 2.45) is 12.2 Å². The lowest BCUT2D eigenvalue weighted by molar-refractivity contribution is 0.319. The number of aryl methyl sites for hydroxylation is 2. The highest BCUT2D eigenvalue weighted by atomic mass is 35.5. The number of nitrogens with zero attached hydrogens (tertiary/aromatic N) is 3. The van der Waals surface area contributed by atoms with Crippen molar-refractivity contribution < 1.29 is 5.21 Å². The lowest BCUT2D eigenvalue weighted by atomic mass is 10.0. The Labute approximate surface area is 104 Å². The van der Waals surface area contributed by atoms with Gasteiger partial charge in [0.1, 0.15) is 10.9 Å². The van der Waals surface area contributed by atoms with Crippen LogP contribution in [0.3, 0.4) is 0 Å². The lowest BCUT2D eigenvalue weighted by Crippen LogP contribution is -2.04. The molecular formula is C12H12ClN3O. The SMILES string of the molecule is Cc1nn(C)c(Cl)c1/C(=N/O)c1ccccc1. The summed E-state index contributed by atoms with van der Waals surface area (Å²) in [5.41, 5.74) is 2.62. The molecule has 0 saturated heterocycles. The van der Waals surface area contributed by atoms with E-state index in [2.05, 4.69) is 10.3 Å². The molecule has 0 aliphatic carbocycles. The van der Waals surface area contributed by atoms with Crippen molar-refractivity contribution >= 4 is 17.3 Å². The fourth-order valence-corrected chi connectivity index (χ4v) is 2.01. The van der Waals surface area contributed by atoms with Gasteiger partial charge in [-0.05, 0) is 6.92 Å². The molecule has 5 heteroatoms. The molecule has 17 heavy (non-hydrogen) atoms. The van der Waals surface area contributed by atoms with Crippen LogP contribution >= 0.6 is 11.6 Å². The predicted octanol–water partition coefficient (Wildman–Crippen LogP) is 2.61. The highest BCUT2D eigenvalue weighted by molar-refractivity contribution is 6.34. The number of oxime groups is 1. The first-order valence-electron chi connectivity index (χ1n) is 5.12. The smallest absolute Gasteiger partial charge is 0.136 e. The normalized spacial score (nSPS) is 11.8. The van der Waals surface area contributed by atoms with Crippen LogP contribution in [-0.2, 0) is 7.05 Å². The van der Waals surface area contributed by atoms with E-state index in [0.29, 0.717) is 16.4 Å². The highest BCUT2D eigenvalue weighted by Crippen LogP contribution is 2.22. The Kier molecular flexibility index (Phi) is 3.15. The van der Waals surface area contributed by atoms with Gasteiger partial charge in [0.15, 0.2) is 0 Å². The standard InChI is InChI=1S/C12H12ClN3O/c1-8-10(12(13)16(2)14-8)11(15-17)9-6-4-3-5-7-9/h3-7,17H,1-2H3/b15-11+. The van der Waals surface area contributed by atoms with E-state index in [9.17, 15) is 5.21 Å². The zero-order valence-electron chi connectivity index (χ0n) is 9.55. The van der Waals surface area contributed by atoms with Gasteiger partial charge in [0.05, 0.1) is 11.3 Å². The van der Waals surface area contributed by atoms with Gasteiger partial charge in [-0.15, -0.1) is 0 Å². The molecule has 0 spiro atoms. The van der Waals surface area contributed by atoms with Gasteiger partial charge in [-0.25, -0.2) is 0 Å². The predicted molar refractivity (Wildman–Crippen MR) is 66.8 cm³/mol. The van der Waals surface area contributed by atoms with E-state index < -0.39 is 0 Å². The monoisotopic (exact) mass is 249 g/mol. The zero-order valence-corrected chi connectivity index (χ0v) is 10.3. The van der Waals surface area contributed by atoms with E-state index in [0.717, 1.165) is 11.3 Å². The molecule has 0 atom stereocenters. The maximum Gasteiger partial charge on any atom is 0.136 e. The third-order valence-corrected chi connectivity index (χ3v) is 2.97. The Balaban J connectivity index is 2.59. The van der Waals surface area contributed by atoms with Gasteiger partial charge in [-0.1, -0.05) is 47.1 Å². The zero-order chi connectivity index (χ0) is 12.4. The molecule has 0 radical (unpaired) electrons. The number of rotatable bonds is 2. The third kappa shape index (κ3) is 2.03. The number of hydrogen-bond donors (Lipinski definition) is 1. The highest BCUT2D eigenvalue weighted by Gasteiger charge is 2.18. The second-order valence-corrected chi connectivity index (χ2v) is 4.05. The molecule has 2 aromatic rings. The molecule has 1 N–H and O–H groups in total. The quantitative estimate of drug-likeness (QED) is 0.505. The summed E-state index contributed by atoms with van der Waals surface area (Å²) in [5.74, 6) is 0. The maximum absolute atomic E-state index is 9.18. The molecule has 88 valence electrons. The van der Waals surface area contributed by atoms with Crippen molar-refractivity contribution in [1.29, 1.82) is 0 Å². The average molecular weight is 250 g/mol. The van der Waals surface area contributed by atoms with E-state index in [4.69, 9.17) is 11.6 Å². The fraction of sp³-hybridized carbons (Fsp3) is 0.167. The van der Waals surface area contributed by atoms with Crippen LogP contribution in [0.2, 0.25) is 5.15 Å². The molecule has 1 aromatic heterocycles. The molecular weight excluding hydrogens is 238 g/mol. The molecule has 0 aliphatic heterocycles. The summed E-state index contributed by atoms with van der Waals surface area (Å²) in [5, 5.41) is 17.2. The van der Waals surface area contributed by atoms with Crippen LogP contribution in [0.4, 0.5) is 0 Å². The van der Waals surface area contributed by atoms with Crippen molar-refractivity contribution in [1.82, 2.24) is 9.78 Å². The Morgan fingerprint density at radius 1 is 1.35 bits per heavy atom. The maximum atomic E-state index is 9.18. The minimum absolute atomic E-state index is 0.432. The van der Waals surface area contributed by atoms with E-state index >= 15 is 0 Å². The van der Waals surface area contributed by atoms with Gasteiger partial charge in [0.2, 0.25) is 0 Å². The topological polar surface area (TPSA) is 50.4 Å². The molecule has 1 aromatic carbocycles. The van der Waals surface area contributed by atoms with Crippen molar-refractivity contribution in [2.75, 3.05) is 0 Å². The molecule has 4 nitrogen and oxygen atoms in total. The van der Waals surface area contributed by atoms with Crippen molar-refractivity contribution in [2.45, 2.75) is 6.92 Å². The van der Waals surface area contributed by atoms with E-state index in [1.54, 1.807) is 11.7 Å².